The van der Waals surface area contributed by atoms with E-state index in [0.717, 1.165) is 15.9 Å². The quantitative estimate of drug-likeness (QED) is 0.914. The highest BCUT2D eigenvalue weighted by molar-refractivity contribution is 9.10. The van der Waals surface area contributed by atoms with Gasteiger partial charge in [0.05, 0.1) is 5.02 Å². The number of pyridine rings is 1. The third-order valence-electron chi connectivity index (χ3n) is 2.51. The van der Waals surface area contributed by atoms with Gasteiger partial charge in [-0.2, -0.15) is 0 Å². The zero-order chi connectivity index (χ0) is 12.3. The van der Waals surface area contributed by atoms with Gasteiger partial charge in [-0.15, -0.1) is 11.3 Å². The average Bonchev–Trinajstić information content (AvgIpc) is 2.72. The Bertz CT molecular complexity index is 501. The number of thiophene rings is 1. The Hall–Kier alpha value is -0.420. The monoisotopic (exact) mass is 330 g/mol. The van der Waals surface area contributed by atoms with Crippen LogP contribution in [0.2, 0.25) is 5.02 Å². The molecule has 0 fully saturated rings. The van der Waals surface area contributed by atoms with Crippen molar-refractivity contribution < 1.29 is 0 Å². The molecule has 2 heterocycles. The molecule has 90 valence electrons. The van der Waals surface area contributed by atoms with Crippen LogP contribution in [0.1, 0.15) is 16.5 Å². The Labute approximate surface area is 118 Å². The Balaban J connectivity index is 2.19. The molecule has 0 radical (unpaired) electrons. The van der Waals surface area contributed by atoms with Gasteiger partial charge in [-0.05, 0) is 52.5 Å². The fourth-order valence-electron chi connectivity index (χ4n) is 1.68. The lowest BCUT2D eigenvalue weighted by molar-refractivity contribution is 0.601. The molecular formula is C12H12BrClN2S. The maximum atomic E-state index is 6.16. The molecule has 0 saturated heterocycles. The molecule has 2 aromatic heterocycles. The summed E-state index contributed by atoms with van der Waals surface area (Å²) in [6.07, 6.45) is 4.55. The number of aromatic nitrogens is 1. The van der Waals surface area contributed by atoms with Crippen molar-refractivity contribution in [2.75, 3.05) is 7.05 Å². The Morgan fingerprint density at radius 3 is 2.94 bits per heavy atom. The fourth-order valence-corrected chi connectivity index (χ4v) is 3.40. The van der Waals surface area contributed by atoms with Crippen LogP contribution in [-0.4, -0.2) is 12.0 Å². The summed E-state index contributed by atoms with van der Waals surface area (Å²) in [5.41, 5.74) is 1.18. The molecule has 2 rings (SSSR count). The Morgan fingerprint density at radius 2 is 2.35 bits per heavy atom. The van der Waals surface area contributed by atoms with Crippen molar-refractivity contribution in [1.82, 2.24) is 10.3 Å². The standard InChI is InChI=1S/C12H12BrClN2S/c1-15-11(12-10(14)2-3-17-12)5-8-4-9(13)7-16-6-8/h2-4,6-7,11,15H,5H2,1H3. The summed E-state index contributed by atoms with van der Waals surface area (Å²) in [5, 5.41) is 6.14. The summed E-state index contributed by atoms with van der Waals surface area (Å²) < 4.78 is 1.00. The van der Waals surface area contributed by atoms with Crippen LogP contribution in [0.4, 0.5) is 0 Å². The molecule has 1 N–H and O–H groups in total. The second kappa shape index (κ2) is 5.96. The van der Waals surface area contributed by atoms with Gasteiger partial charge in [-0.25, -0.2) is 0 Å². The van der Waals surface area contributed by atoms with E-state index in [-0.39, 0.29) is 6.04 Å². The number of nitrogens with zero attached hydrogens (tertiary/aromatic N) is 1. The van der Waals surface area contributed by atoms with E-state index in [2.05, 4.69) is 32.3 Å². The number of halogens is 2. The van der Waals surface area contributed by atoms with E-state index in [4.69, 9.17) is 11.6 Å². The zero-order valence-electron chi connectivity index (χ0n) is 9.28. The van der Waals surface area contributed by atoms with Gasteiger partial charge in [-0.1, -0.05) is 11.6 Å². The van der Waals surface area contributed by atoms with Crippen LogP contribution in [0.25, 0.3) is 0 Å². The molecule has 0 aromatic carbocycles. The van der Waals surface area contributed by atoms with Crippen LogP contribution < -0.4 is 5.32 Å². The lowest BCUT2D eigenvalue weighted by atomic mass is 10.1. The normalized spacial score (nSPS) is 12.6. The molecule has 1 unspecified atom stereocenters. The smallest absolute Gasteiger partial charge is 0.0561 e. The van der Waals surface area contributed by atoms with E-state index < -0.39 is 0 Å². The average molecular weight is 332 g/mol. The maximum absolute atomic E-state index is 6.16. The van der Waals surface area contributed by atoms with Crippen LogP contribution in [0.15, 0.2) is 34.4 Å². The van der Waals surface area contributed by atoms with Crippen LogP contribution >= 0.6 is 38.9 Å². The minimum Gasteiger partial charge on any atom is -0.312 e. The molecule has 0 aliphatic rings. The van der Waals surface area contributed by atoms with Gasteiger partial charge in [0.15, 0.2) is 0 Å². The van der Waals surface area contributed by atoms with Crippen LogP contribution in [-0.2, 0) is 6.42 Å². The fraction of sp³-hybridized carbons (Fsp3) is 0.250. The van der Waals surface area contributed by atoms with Crippen molar-refractivity contribution in [1.29, 1.82) is 0 Å². The lowest BCUT2D eigenvalue weighted by Gasteiger charge is -2.15. The van der Waals surface area contributed by atoms with Gasteiger partial charge >= 0.3 is 0 Å². The molecule has 0 saturated carbocycles. The van der Waals surface area contributed by atoms with Crippen molar-refractivity contribution in [3.05, 3.63) is 49.8 Å². The molecule has 0 spiro atoms. The first kappa shape index (κ1) is 13.0. The van der Waals surface area contributed by atoms with E-state index in [9.17, 15) is 0 Å². The minimum absolute atomic E-state index is 0.235. The van der Waals surface area contributed by atoms with Gasteiger partial charge < -0.3 is 5.32 Å². The number of nitrogens with one attached hydrogen (secondary N) is 1. The van der Waals surface area contributed by atoms with Crippen molar-refractivity contribution >= 4 is 38.9 Å². The molecule has 2 aromatic rings. The van der Waals surface area contributed by atoms with Crippen molar-refractivity contribution in [2.45, 2.75) is 12.5 Å². The van der Waals surface area contributed by atoms with E-state index in [0.29, 0.717) is 0 Å². The van der Waals surface area contributed by atoms with E-state index in [1.165, 1.54) is 10.4 Å². The first-order valence-electron chi connectivity index (χ1n) is 5.20. The lowest BCUT2D eigenvalue weighted by Crippen LogP contribution is -2.18. The van der Waals surface area contributed by atoms with Crippen LogP contribution in [0.5, 0.6) is 0 Å². The third-order valence-corrected chi connectivity index (χ3v) is 4.42. The molecule has 0 aliphatic heterocycles. The summed E-state index contributed by atoms with van der Waals surface area (Å²) in [6.45, 7) is 0. The molecule has 17 heavy (non-hydrogen) atoms. The topological polar surface area (TPSA) is 24.9 Å². The van der Waals surface area contributed by atoms with E-state index in [1.807, 2.05) is 24.7 Å². The number of rotatable bonds is 4. The number of likely N-dealkylation sites (N-methyl/N-ethyl adjacent to an activating group) is 1. The predicted molar refractivity (Wildman–Crippen MR) is 76.8 cm³/mol. The van der Waals surface area contributed by atoms with Gasteiger partial charge in [0, 0.05) is 27.8 Å². The largest absolute Gasteiger partial charge is 0.312 e. The van der Waals surface area contributed by atoms with Crippen LogP contribution in [0, 0.1) is 0 Å². The highest BCUT2D eigenvalue weighted by atomic mass is 79.9. The molecule has 0 amide bonds. The Morgan fingerprint density at radius 1 is 1.53 bits per heavy atom. The van der Waals surface area contributed by atoms with Gasteiger partial charge in [-0.3, -0.25) is 4.98 Å². The van der Waals surface area contributed by atoms with Crippen LogP contribution in [0.3, 0.4) is 0 Å². The summed E-state index contributed by atoms with van der Waals surface area (Å²) in [7, 11) is 1.95. The first-order chi connectivity index (χ1) is 8.20. The summed E-state index contributed by atoms with van der Waals surface area (Å²) in [6, 6.07) is 4.25. The third kappa shape index (κ3) is 3.28. The molecule has 5 heteroatoms. The summed E-state index contributed by atoms with van der Waals surface area (Å²) >= 11 is 11.3. The second-order valence-electron chi connectivity index (χ2n) is 3.69. The zero-order valence-corrected chi connectivity index (χ0v) is 12.4. The highest BCUT2D eigenvalue weighted by Crippen LogP contribution is 2.30. The molecular weight excluding hydrogens is 320 g/mol. The van der Waals surface area contributed by atoms with Crippen molar-refractivity contribution in [3.8, 4) is 0 Å². The van der Waals surface area contributed by atoms with E-state index in [1.54, 1.807) is 17.5 Å². The SMILES string of the molecule is CNC(Cc1cncc(Br)c1)c1sccc1Cl. The maximum Gasteiger partial charge on any atom is 0.0561 e. The van der Waals surface area contributed by atoms with Gasteiger partial charge in [0.2, 0.25) is 0 Å². The predicted octanol–water partition coefficient (Wildman–Crippen LogP) is 4.06. The first-order valence-corrected chi connectivity index (χ1v) is 7.25. The van der Waals surface area contributed by atoms with Crippen molar-refractivity contribution in [3.63, 3.8) is 0 Å². The second-order valence-corrected chi connectivity index (χ2v) is 5.96. The van der Waals surface area contributed by atoms with E-state index >= 15 is 0 Å². The van der Waals surface area contributed by atoms with Gasteiger partial charge in [0.1, 0.15) is 0 Å². The molecule has 1 atom stereocenters. The minimum atomic E-state index is 0.235. The molecule has 0 aliphatic carbocycles. The summed E-state index contributed by atoms with van der Waals surface area (Å²) in [4.78, 5) is 5.35. The van der Waals surface area contributed by atoms with Gasteiger partial charge in [0.25, 0.3) is 0 Å². The Kier molecular flexibility index (Phi) is 4.56. The molecule has 0 bridgehead atoms. The molecule has 2 nitrogen and oxygen atoms in total. The number of hydrogen-bond acceptors (Lipinski definition) is 3. The summed E-state index contributed by atoms with van der Waals surface area (Å²) in [5.74, 6) is 0. The van der Waals surface area contributed by atoms with Crippen molar-refractivity contribution in [2.24, 2.45) is 0 Å². The highest BCUT2D eigenvalue weighted by Gasteiger charge is 2.15. The number of hydrogen-bond donors (Lipinski definition) is 1.